The molecule has 21 heavy (non-hydrogen) atoms. The van der Waals surface area contributed by atoms with Gasteiger partial charge in [-0.2, -0.15) is 0 Å². The lowest BCUT2D eigenvalue weighted by molar-refractivity contribution is 0.256. The summed E-state index contributed by atoms with van der Waals surface area (Å²) < 4.78 is 0. The van der Waals surface area contributed by atoms with Crippen molar-refractivity contribution in [1.82, 2.24) is 19.7 Å². The number of pyridine rings is 1. The van der Waals surface area contributed by atoms with Gasteiger partial charge < -0.3 is 14.7 Å². The highest BCUT2D eigenvalue weighted by atomic mass is 15.4. The molecular weight excluding hydrogens is 262 g/mol. The van der Waals surface area contributed by atoms with E-state index >= 15 is 0 Å². The summed E-state index contributed by atoms with van der Waals surface area (Å²) in [5, 5.41) is 0. The van der Waals surface area contributed by atoms with E-state index in [0.29, 0.717) is 0 Å². The Kier molecular flexibility index (Phi) is 3.57. The van der Waals surface area contributed by atoms with Crippen molar-refractivity contribution in [1.29, 1.82) is 0 Å². The van der Waals surface area contributed by atoms with E-state index in [2.05, 4.69) is 71.0 Å². The van der Waals surface area contributed by atoms with Crippen molar-refractivity contribution in [3.63, 3.8) is 0 Å². The van der Waals surface area contributed by atoms with Crippen molar-refractivity contribution in [2.24, 2.45) is 4.99 Å². The van der Waals surface area contributed by atoms with Gasteiger partial charge in [0.05, 0.1) is 12.4 Å². The highest BCUT2D eigenvalue weighted by Crippen LogP contribution is 2.20. The normalized spacial score (nSPS) is 17.8. The van der Waals surface area contributed by atoms with Crippen LogP contribution in [0.2, 0.25) is 0 Å². The minimum Gasteiger partial charge on any atom is -0.357 e. The van der Waals surface area contributed by atoms with Gasteiger partial charge in [-0.05, 0) is 31.5 Å². The summed E-state index contributed by atoms with van der Waals surface area (Å²) in [6.45, 7) is 6.82. The lowest BCUT2D eigenvalue weighted by Gasteiger charge is -2.34. The molecule has 0 aromatic carbocycles. The Morgan fingerprint density at radius 1 is 1.14 bits per heavy atom. The molecule has 5 heteroatoms. The number of fused-ring (bicyclic) bond motifs is 1. The summed E-state index contributed by atoms with van der Waals surface area (Å²) in [6.07, 6.45) is 3.20. The summed E-state index contributed by atoms with van der Waals surface area (Å²) in [5.41, 5.74) is 4.78. The molecule has 1 aromatic rings. The van der Waals surface area contributed by atoms with Crippen LogP contribution in [0.5, 0.6) is 0 Å². The number of aryl methyl sites for hydroxylation is 2. The van der Waals surface area contributed by atoms with Crippen LogP contribution in [0.15, 0.2) is 29.0 Å². The van der Waals surface area contributed by atoms with E-state index in [1.165, 1.54) is 17.0 Å². The van der Waals surface area contributed by atoms with Gasteiger partial charge in [-0.3, -0.25) is 4.98 Å². The first-order chi connectivity index (χ1) is 10.0. The predicted octanol–water partition coefficient (Wildman–Crippen LogP) is 1.59. The molecule has 0 atom stereocenters. The number of hydrogen-bond donors (Lipinski definition) is 0. The number of hydrogen-bond acceptors (Lipinski definition) is 5. The Labute approximate surface area is 126 Å². The maximum Gasteiger partial charge on any atom is 0.152 e. The van der Waals surface area contributed by atoms with E-state index in [4.69, 9.17) is 0 Å². The van der Waals surface area contributed by atoms with Gasteiger partial charge in [-0.25, -0.2) is 4.99 Å². The molecule has 0 bridgehead atoms. The first-order valence-corrected chi connectivity index (χ1v) is 7.40. The molecular formula is C16H23N5. The smallest absolute Gasteiger partial charge is 0.152 e. The fourth-order valence-corrected chi connectivity index (χ4v) is 2.97. The third-order valence-electron chi connectivity index (χ3n) is 3.94. The highest BCUT2D eigenvalue weighted by molar-refractivity contribution is 5.99. The number of nitrogens with zero attached hydrogens (tertiary/aromatic N) is 5. The molecule has 0 saturated heterocycles. The lowest BCUT2D eigenvalue weighted by atomic mass is 10.1. The van der Waals surface area contributed by atoms with Crippen molar-refractivity contribution in [3.05, 3.63) is 41.0 Å². The zero-order valence-corrected chi connectivity index (χ0v) is 13.3. The number of rotatable bonds is 3. The van der Waals surface area contributed by atoms with Crippen LogP contribution < -0.4 is 0 Å². The fraction of sp³-hybridized carbons (Fsp3) is 0.500. The minimum atomic E-state index is 0.762. The van der Waals surface area contributed by atoms with Crippen LogP contribution in [-0.2, 0) is 6.42 Å². The highest BCUT2D eigenvalue weighted by Gasteiger charge is 2.27. The molecule has 0 spiro atoms. The molecule has 0 radical (unpaired) electrons. The Hall–Kier alpha value is -2.04. The second-order valence-corrected chi connectivity index (χ2v) is 6.01. The topological polar surface area (TPSA) is 35.0 Å². The number of likely N-dealkylation sites (N-methyl/N-ethyl adjacent to an activating group) is 2. The summed E-state index contributed by atoms with van der Waals surface area (Å²) in [5.74, 6) is 1.11. The van der Waals surface area contributed by atoms with Crippen LogP contribution in [0.4, 0.5) is 0 Å². The molecule has 2 aliphatic rings. The molecule has 0 amide bonds. The molecule has 1 aromatic heterocycles. The summed E-state index contributed by atoms with van der Waals surface area (Å²) in [6, 6.07) is 4.30. The zero-order valence-electron chi connectivity index (χ0n) is 13.3. The zero-order chi connectivity index (χ0) is 15.0. The van der Waals surface area contributed by atoms with Crippen molar-refractivity contribution in [3.8, 4) is 0 Å². The minimum absolute atomic E-state index is 0.762. The average Bonchev–Trinajstić information content (AvgIpc) is 2.78. The van der Waals surface area contributed by atoms with Gasteiger partial charge in [0.25, 0.3) is 0 Å². The van der Waals surface area contributed by atoms with Crippen LogP contribution in [-0.4, -0.2) is 59.5 Å². The Morgan fingerprint density at radius 2 is 1.95 bits per heavy atom. The van der Waals surface area contributed by atoms with E-state index in [-0.39, 0.29) is 0 Å². The van der Waals surface area contributed by atoms with Crippen LogP contribution in [0.1, 0.15) is 17.0 Å². The van der Waals surface area contributed by atoms with E-state index in [0.717, 1.165) is 37.8 Å². The number of amidine groups is 1. The third kappa shape index (κ3) is 2.86. The van der Waals surface area contributed by atoms with E-state index < -0.39 is 0 Å². The maximum atomic E-state index is 4.62. The number of aromatic nitrogens is 1. The van der Waals surface area contributed by atoms with Gasteiger partial charge in [0.15, 0.2) is 5.84 Å². The van der Waals surface area contributed by atoms with Gasteiger partial charge >= 0.3 is 0 Å². The fourth-order valence-electron chi connectivity index (χ4n) is 2.97. The molecule has 0 N–H and O–H groups in total. The van der Waals surface area contributed by atoms with Crippen molar-refractivity contribution < 1.29 is 0 Å². The van der Waals surface area contributed by atoms with Crippen molar-refractivity contribution in [2.75, 3.05) is 34.0 Å². The van der Waals surface area contributed by atoms with Crippen LogP contribution in [0, 0.1) is 13.8 Å². The molecule has 5 nitrogen and oxygen atoms in total. The van der Waals surface area contributed by atoms with Crippen molar-refractivity contribution >= 4 is 5.84 Å². The van der Waals surface area contributed by atoms with Crippen LogP contribution >= 0.6 is 0 Å². The first-order valence-electron chi connectivity index (χ1n) is 7.40. The first kappa shape index (κ1) is 13.9. The van der Waals surface area contributed by atoms with Gasteiger partial charge in [-0.15, -0.1) is 0 Å². The van der Waals surface area contributed by atoms with Gasteiger partial charge in [0.2, 0.25) is 0 Å². The Balaban J connectivity index is 1.70. The van der Waals surface area contributed by atoms with Crippen molar-refractivity contribution in [2.45, 2.75) is 20.3 Å². The molecule has 2 aliphatic heterocycles. The molecule has 0 fully saturated rings. The third-order valence-corrected chi connectivity index (χ3v) is 3.94. The van der Waals surface area contributed by atoms with E-state index in [1.54, 1.807) is 0 Å². The Bertz CT molecular complexity index is 584. The summed E-state index contributed by atoms with van der Waals surface area (Å²) >= 11 is 0. The second-order valence-electron chi connectivity index (χ2n) is 6.01. The molecule has 112 valence electrons. The molecule has 3 heterocycles. The molecule has 3 rings (SSSR count). The van der Waals surface area contributed by atoms with Gasteiger partial charge in [0.1, 0.15) is 6.67 Å². The summed E-state index contributed by atoms with van der Waals surface area (Å²) in [4.78, 5) is 15.9. The standard InChI is InChI=1S/C16H23N5/c1-12-7-13(2)18-14(8-12)5-6-21-9-15-16(20(4)11-21)17-10-19(15)3/h7-9H,5-6,10-11H2,1-4H3. The van der Waals surface area contributed by atoms with E-state index in [9.17, 15) is 0 Å². The molecule has 0 aliphatic carbocycles. The largest absolute Gasteiger partial charge is 0.357 e. The Morgan fingerprint density at radius 3 is 2.71 bits per heavy atom. The quantitative estimate of drug-likeness (QED) is 0.845. The maximum absolute atomic E-state index is 4.62. The van der Waals surface area contributed by atoms with Crippen LogP contribution in [0.3, 0.4) is 0 Å². The van der Waals surface area contributed by atoms with Gasteiger partial charge in [0, 0.05) is 44.6 Å². The monoisotopic (exact) mass is 285 g/mol. The SMILES string of the molecule is Cc1cc(C)nc(CCN2C=C3C(=NCN3C)N(C)C2)c1. The number of aliphatic imine (C=N–C) groups is 1. The molecule has 0 unspecified atom stereocenters. The van der Waals surface area contributed by atoms with Gasteiger partial charge in [-0.1, -0.05) is 0 Å². The van der Waals surface area contributed by atoms with E-state index in [1.807, 2.05) is 0 Å². The lowest BCUT2D eigenvalue weighted by Crippen LogP contribution is -2.43. The summed E-state index contributed by atoms with van der Waals surface area (Å²) in [7, 11) is 4.19. The second kappa shape index (κ2) is 5.39. The van der Waals surface area contributed by atoms with Crippen LogP contribution in [0.25, 0.3) is 0 Å². The predicted molar refractivity (Wildman–Crippen MR) is 84.9 cm³/mol. The molecule has 0 saturated carbocycles. The average molecular weight is 285 g/mol.